The van der Waals surface area contributed by atoms with Crippen LogP contribution in [-0.2, 0) is 0 Å². The van der Waals surface area contributed by atoms with Gasteiger partial charge in [-0.05, 0) is 46.5 Å². The first kappa shape index (κ1) is 20.1. The molecule has 0 saturated carbocycles. The Morgan fingerprint density at radius 3 is 0.938 bits per heavy atom. The van der Waals surface area contributed by atoms with Gasteiger partial charge in [0.2, 0.25) is 0 Å². The highest BCUT2D eigenvalue weighted by Gasteiger charge is 2.27. The molecule has 0 fully saturated rings. The third-order valence-corrected chi connectivity index (χ3v) is 6.38. The highest BCUT2D eigenvalue weighted by atomic mass is 14.6. The predicted octanol–water partition coefficient (Wildman–Crippen LogP) is 7.04. The van der Waals surface area contributed by atoms with Gasteiger partial charge < -0.3 is 0 Å². The molecule has 2 heterocycles. The van der Waals surface area contributed by atoms with Gasteiger partial charge in [0, 0.05) is 48.5 Å². The van der Waals surface area contributed by atoms with Crippen molar-refractivity contribution in [1.82, 2.24) is 9.97 Å². The van der Waals surface area contributed by atoms with E-state index in [4.69, 9.17) is 0 Å². The maximum absolute atomic E-state index is 4.25. The average molecular weight is 415 g/mol. The van der Waals surface area contributed by atoms with Crippen molar-refractivity contribution in [3.63, 3.8) is 0 Å². The molecule has 4 unspecified atom stereocenters. The van der Waals surface area contributed by atoms with E-state index in [1.807, 2.05) is 24.8 Å². The van der Waals surface area contributed by atoms with Crippen molar-refractivity contribution in [2.24, 2.45) is 0 Å². The summed E-state index contributed by atoms with van der Waals surface area (Å²) in [5.41, 5.74) is 5.21. The SMILES string of the molecule is C1=C\C(c2ccncc2)C(c2ccccc2)/C=C\C(c2ccncc2)C/1c1ccccc1. The Labute approximate surface area is 190 Å². The Balaban J connectivity index is 1.64. The van der Waals surface area contributed by atoms with Crippen LogP contribution in [-0.4, -0.2) is 9.97 Å². The second-order valence-corrected chi connectivity index (χ2v) is 8.26. The molecule has 2 heteroatoms. The van der Waals surface area contributed by atoms with Crippen LogP contribution in [0.5, 0.6) is 0 Å². The third kappa shape index (κ3) is 4.31. The molecule has 32 heavy (non-hydrogen) atoms. The first-order valence-corrected chi connectivity index (χ1v) is 11.2. The summed E-state index contributed by atoms with van der Waals surface area (Å²) in [7, 11) is 0. The quantitative estimate of drug-likeness (QED) is 0.335. The molecule has 0 bridgehead atoms. The Hall–Kier alpha value is -3.78. The molecule has 0 saturated heterocycles. The van der Waals surface area contributed by atoms with E-state index in [1.165, 1.54) is 22.3 Å². The van der Waals surface area contributed by atoms with Crippen LogP contribution < -0.4 is 0 Å². The van der Waals surface area contributed by atoms with Crippen LogP contribution in [0.4, 0.5) is 0 Å². The van der Waals surface area contributed by atoms with Gasteiger partial charge in [0.15, 0.2) is 0 Å². The molecule has 4 atom stereocenters. The van der Waals surface area contributed by atoms with Crippen LogP contribution in [0.15, 0.2) is 134 Å². The molecule has 156 valence electrons. The zero-order valence-corrected chi connectivity index (χ0v) is 17.9. The van der Waals surface area contributed by atoms with E-state index in [1.54, 1.807) is 0 Å². The maximum Gasteiger partial charge on any atom is 0.0270 e. The molecule has 0 radical (unpaired) electrons. The highest BCUT2D eigenvalue weighted by Crippen LogP contribution is 2.43. The van der Waals surface area contributed by atoms with Crippen molar-refractivity contribution in [1.29, 1.82) is 0 Å². The van der Waals surface area contributed by atoms with Gasteiger partial charge >= 0.3 is 0 Å². The van der Waals surface area contributed by atoms with E-state index in [-0.39, 0.29) is 23.7 Å². The largest absolute Gasteiger partial charge is 0.265 e. The van der Waals surface area contributed by atoms with E-state index in [2.05, 4.69) is 119 Å². The van der Waals surface area contributed by atoms with Gasteiger partial charge in [-0.25, -0.2) is 0 Å². The van der Waals surface area contributed by atoms with Gasteiger partial charge in [-0.3, -0.25) is 9.97 Å². The summed E-state index contributed by atoms with van der Waals surface area (Å²) >= 11 is 0. The normalized spacial score (nSPS) is 24.8. The van der Waals surface area contributed by atoms with Crippen LogP contribution in [0, 0.1) is 0 Å². The molecule has 5 rings (SSSR count). The van der Waals surface area contributed by atoms with E-state index in [0.717, 1.165) is 0 Å². The minimum atomic E-state index is 0.237. The number of allylic oxidation sites excluding steroid dienone is 4. The van der Waals surface area contributed by atoms with Gasteiger partial charge in [0.05, 0.1) is 0 Å². The lowest BCUT2D eigenvalue weighted by Gasteiger charge is -2.30. The van der Waals surface area contributed by atoms with Gasteiger partial charge in [-0.2, -0.15) is 0 Å². The number of rotatable bonds is 4. The average Bonchev–Trinajstić information content (AvgIpc) is 2.86. The predicted molar refractivity (Wildman–Crippen MR) is 131 cm³/mol. The van der Waals surface area contributed by atoms with Gasteiger partial charge in [0.1, 0.15) is 0 Å². The summed E-state index contributed by atoms with van der Waals surface area (Å²) in [5.74, 6) is 0.967. The number of benzene rings is 2. The number of hydrogen-bond donors (Lipinski definition) is 0. The van der Waals surface area contributed by atoms with E-state index in [9.17, 15) is 0 Å². The van der Waals surface area contributed by atoms with Crippen LogP contribution in [0.25, 0.3) is 0 Å². The molecule has 1 aliphatic rings. The molecule has 0 amide bonds. The molecule has 1 aliphatic carbocycles. The fraction of sp³-hybridized carbons (Fsp3) is 0.133. The zero-order chi connectivity index (χ0) is 21.6. The number of aromatic nitrogens is 2. The Bertz CT molecular complexity index is 977. The molecule has 0 aliphatic heterocycles. The van der Waals surface area contributed by atoms with Crippen molar-refractivity contribution >= 4 is 0 Å². The summed E-state index contributed by atoms with van der Waals surface area (Å²) in [5, 5.41) is 0. The molecule has 4 aromatic rings. The molecular weight excluding hydrogens is 388 g/mol. The van der Waals surface area contributed by atoms with Gasteiger partial charge in [-0.15, -0.1) is 0 Å². The number of hydrogen-bond acceptors (Lipinski definition) is 2. The molecule has 2 nitrogen and oxygen atoms in total. The maximum atomic E-state index is 4.25. The lowest BCUT2D eigenvalue weighted by atomic mass is 9.74. The standard InChI is InChI=1S/C30H26N2/c1-3-7-23(8-4-1)27-11-13-30(26-17-21-32-22-18-26)28(24-9-5-2-6-10-24)12-14-29(27)25-15-19-31-20-16-25/h1-22,27-30H/b13-11-,14-12-. The minimum Gasteiger partial charge on any atom is -0.265 e. The lowest BCUT2D eigenvalue weighted by Crippen LogP contribution is -2.14. The number of pyridine rings is 2. The van der Waals surface area contributed by atoms with Crippen LogP contribution >= 0.6 is 0 Å². The summed E-state index contributed by atoms with van der Waals surface area (Å²) in [6.07, 6.45) is 17.2. The fourth-order valence-electron chi connectivity index (χ4n) is 4.75. The first-order chi connectivity index (χ1) is 15.9. The van der Waals surface area contributed by atoms with Crippen molar-refractivity contribution in [2.45, 2.75) is 23.7 Å². The molecule has 2 aromatic carbocycles. The first-order valence-electron chi connectivity index (χ1n) is 11.2. The lowest BCUT2D eigenvalue weighted by molar-refractivity contribution is 0.673. The third-order valence-electron chi connectivity index (χ3n) is 6.38. The van der Waals surface area contributed by atoms with Crippen LogP contribution in [0.2, 0.25) is 0 Å². The monoisotopic (exact) mass is 414 g/mol. The van der Waals surface area contributed by atoms with E-state index >= 15 is 0 Å². The van der Waals surface area contributed by atoms with Crippen molar-refractivity contribution in [3.8, 4) is 0 Å². The van der Waals surface area contributed by atoms with E-state index in [0.29, 0.717) is 0 Å². The molecule has 0 N–H and O–H groups in total. The topological polar surface area (TPSA) is 25.8 Å². The zero-order valence-electron chi connectivity index (χ0n) is 17.9. The number of nitrogens with zero attached hydrogens (tertiary/aromatic N) is 2. The molecular formula is C30H26N2. The van der Waals surface area contributed by atoms with Crippen molar-refractivity contribution in [3.05, 3.63) is 156 Å². The Kier molecular flexibility index (Phi) is 6.02. The van der Waals surface area contributed by atoms with Crippen LogP contribution in [0.1, 0.15) is 45.9 Å². The summed E-state index contributed by atoms with van der Waals surface area (Å²) in [6.45, 7) is 0. The molecule has 0 spiro atoms. The summed E-state index contributed by atoms with van der Waals surface area (Å²) in [6, 6.07) is 30.1. The minimum absolute atomic E-state index is 0.237. The van der Waals surface area contributed by atoms with Crippen molar-refractivity contribution in [2.75, 3.05) is 0 Å². The summed E-state index contributed by atoms with van der Waals surface area (Å²) < 4.78 is 0. The Morgan fingerprint density at radius 2 is 0.625 bits per heavy atom. The van der Waals surface area contributed by atoms with Gasteiger partial charge in [-0.1, -0.05) is 85.0 Å². The Morgan fingerprint density at radius 1 is 0.344 bits per heavy atom. The second kappa shape index (κ2) is 9.57. The summed E-state index contributed by atoms with van der Waals surface area (Å²) in [4.78, 5) is 8.49. The molecule has 2 aromatic heterocycles. The van der Waals surface area contributed by atoms with Crippen LogP contribution in [0.3, 0.4) is 0 Å². The van der Waals surface area contributed by atoms with E-state index < -0.39 is 0 Å². The highest BCUT2D eigenvalue weighted by molar-refractivity contribution is 5.41. The van der Waals surface area contributed by atoms with Crippen molar-refractivity contribution < 1.29 is 0 Å². The van der Waals surface area contributed by atoms with Gasteiger partial charge in [0.25, 0.3) is 0 Å². The second-order valence-electron chi connectivity index (χ2n) is 8.26. The fourth-order valence-corrected chi connectivity index (χ4v) is 4.75. The smallest absolute Gasteiger partial charge is 0.0270 e.